The van der Waals surface area contributed by atoms with Crippen LogP contribution in [0, 0.1) is 0 Å². The maximum atomic E-state index is 11.8. The Kier molecular flexibility index (Phi) is 7.48. The van der Waals surface area contributed by atoms with Gasteiger partial charge in [-0.3, -0.25) is 9.80 Å². The van der Waals surface area contributed by atoms with Crippen LogP contribution >= 0.6 is 0 Å². The highest BCUT2D eigenvalue weighted by molar-refractivity contribution is 5.82. The molecule has 0 spiro atoms. The molecular weight excluding hydrogens is 388 g/mol. The minimum absolute atomic E-state index is 0.372. The molecule has 1 aromatic rings. The predicted molar refractivity (Wildman–Crippen MR) is 112 cm³/mol. The van der Waals surface area contributed by atoms with Crippen molar-refractivity contribution in [3.05, 3.63) is 41.5 Å². The highest BCUT2D eigenvalue weighted by Gasteiger charge is 2.37. The van der Waals surface area contributed by atoms with Gasteiger partial charge < -0.3 is 14.6 Å². The fourth-order valence-corrected chi connectivity index (χ4v) is 3.46. The van der Waals surface area contributed by atoms with Gasteiger partial charge in [-0.1, -0.05) is 30.9 Å². The Morgan fingerprint density at radius 1 is 1.23 bits per heavy atom. The lowest BCUT2D eigenvalue weighted by molar-refractivity contribution is -0.145. The SMILES string of the molecule is C=Cc1cccc2c1CN(C(=O)O)C2.COC(=O)C1CCCN1C(=O)OC(C)(C)C. The number of rotatable bonds is 2. The summed E-state index contributed by atoms with van der Waals surface area (Å²) in [5.41, 5.74) is 2.67. The molecule has 0 aliphatic carbocycles. The van der Waals surface area contributed by atoms with Crippen LogP contribution in [0.1, 0.15) is 50.3 Å². The van der Waals surface area contributed by atoms with E-state index in [-0.39, 0.29) is 5.97 Å². The van der Waals surface area contributed by atoms with E-state index in [9.17, 15) is 14.4 Å². The zero-order chi connectivity index (χ0) is 22.5. The highest BCUT2D eigenvalue weighted by Crippen LogP contribution is 2.26. The highest BCUT2D eigenvalue weighted by atomic mass is 16.6. The van der Waals surface area contributed by atoms with Crippen molar-refractivity contribution in [2.24, 2.45) is 0 Å². The third kappa shape index (κ3) is 5.75. The first-order valence-corrected chi connectivity index (χ1v) is 9.86. The van der Waals surface area contributed by atoms with Crippen molar-refractivity contribution >= 4 is 24.2 Å². The summed E-state index contributed by atoms with van der Waals surface area (Å²) in [6.45, 7) is 10.6. The Bertz CT molecular complexity index is 814. The van der Waals surface area contributed by atoms with E-state index >= 15 is 0 Å². The first-order chi connectivity index (χ1) is 14.1. The maximum absolute atomic E-state index is 11.8. The van der Waals surface area contributed by atoms with Crippen LogP contribution in [0.4, 0.5) is 9.59 Å². The fraction of sp³-hybridized carbons (Fsp3) is 0.500. The number of esters is 1. The van der Waals surface area contributed by atoms with Crippen LogP contribution in [-0.2, 0) is 27.4 Å². The molecule has 30 heavy (non-hydrogen) atoms. The number of likely N-dealkylation sites (tertiary alicyclic amines) is 1. The van der Waals surface area contributed by atoms with Crippen LogP contribution in [0.25, 0.3) is 6.08 Å². The molecule has 1 aromatic carbocycles. The van der Waals surface area contributed by atoms with Crippen molar-refractivity contribution < 1.29 is 29.0 Å². The molecule has 2 heterocycles. The number of hydrogen-bond donors (Lipinski definition) is 1. The maximum Gasteiger partial charge on any atom is 0.411 e. The second kappa shape index (κ2) is 9.65. The Morgan fingerprint density at radius 2 is 1.93 bits per heavy atom. The number of amides is 2. The van der Waals surface area contributed by atoms with Gasteiger partial charge >= 0.3 is 18.2 Å². The van der Waals surface area contributed by atoms with E-state index in [1.807, 2.05) is 18.2 Å². The number of fused-ring (bicyclic) bond motifs is 1. The van der Waals surface area contributed by atoms with Crippen molar-refractivity contribution in [3.8, 4) is 0 Å². The smallest absolute Gasteiger partial charge is 0.411 e. The summed E-state index contributed by atoms with van der Waals surface area (Å²) in [7, 11) is 1.33. The zero-order valence-electron chi connectivity index (χ0n) is 18.0. The molecule has 8 heteroatoms. The number of carbonyl (C=O) groups excluding carboxylic acids is 2. The van der Waals surface area contributed by atoms with Crippen LogP contribution in [0.5, 0.6) is 0 Å². The fourth-order valence-electron chi connectivity index (χ4n) is 3.46. The largest absolute Gasteiger partial charge is 0.467 e. The quantitative estimate of drug-likeness (QED) is 0.732. The second-order valence-electron chi connectivity index (χ2n) is 8.18. The molecule has 2 aliphatic heterocycles. The van der Waals surface area contributed by atoms with Crippen LogP contribution < -0.4 is 0 Å². The number of carbonyl (C=O) groups is 3. The van der Waals surface area contributed by atoms with E-state index < -0.39 is 23.8 Å². The van der Waals surface area contributed by atoms with Crippen LogP contribution in [-0.4, -0.2) is 58.4 Å². The summed E-state index contributed by atoms with van der Waals surface area (Å²) >= 11 is 0. The summed E-state index contributed by atoms with van der Waals surface area (Å²) in [4.78, 5) is 36.8. The molecule has 0 bridgehead atoms. The first kappa shape index (κ1) is 23.3. The molecule has 1 atom stereocenters. The molecule has 2 aliphatic rings. The number of methoxy groups -OCH3 is 1. The first-order valence-electron chi connectivity index (χ1n) is 9.86. The lowest BCUT2D eigenvalue weighted by atomic mass is 10.0. The molecule has 0 aromatic heterocycles. The molecule has 0 saturated carbocycles. The van der Waals surface area contributed by atoms with E-state index in [2.05, 4.69) is 11.3 Å². The van der Waals surface area contributed by atoms with Gasteiger partial charge in [-0.25, -0.2) is 14.4 Å². The van der Waals surface area contributed by atoms with Crippen molar-refractivity contribution in [3.63, 3.8) is 0 Å². The molecule has 1 N–H and O–H groups in total. The van der Waals surface area contributed by atoms with E-state index in [0.29, 0.717) is 26.1 Å². The summed E-state index contributed by atoms with van der Waals surface area (Å²) < 4.78 is 9.88. The van der Waals surface area contributed by atoms with Gasteiger partial charge in [0.1, 0.15) is 11.6 Å². The molecule has 1 saturated heterocycles. The second-order valence-corrected chi connectivity index (χ2v) is 8.18. The van der Waals surface area contributed by atoms with Crippen LogP contribution in [0.2, 0.25) is 0 Å². The predicted octanol–water partition coefficient (Wildman–Crippen LogP) is 3.88. The van der Waals surface area contributed by atoms with Crippen molar-refractivity contribution in [1.82, 2.24) is 9.80 Å². The van der Waals surface area contributed by atoms with Gasteiger partial charge in [0, 0.05) is 13.1 Å². The number of carboxylic acid groups (broad SMARTS) is 1. The molecule has 2 amide bonds. The van der Waals surface area contributed by atoms with E-state index in [1.54, 1.807) is 26.8 Å². The normalized spacial score (nSPS) is 17.5. The summed E-state index contributed by atoms with van der Waals surface area (Å²) in [6.07, 6.45) is 1.91. The number of nitrogens with zero attached hydrogens (tertiary/aromatic N) is 2. The summed E-state index contributed by atoms with van der Waals surface area (Å²) in [5.74, 6) is -0.372. The lowest BCUT2D eigenvalue weighted by Crippen LogP contribution is -2.43. The monoisotopic (exact) mass is 418 g/mol. The average molecular weight is 418 g/mol. The van der Waals surface area contributed by atoms with Crippen molar-refractivity contribution in [1.29, 1.82) is 0 Å². The molecule has 1 unspecified atom stereocenters. The Morgan fingerprint density at radius 3 is 2.50 bits per heavy atom. The molecule has 8 nitrogen and oxygen atoms in total. The van der Waals surface area contributed by atoms with E-state index in [1.165, 1.54) is 16.9 Å². The average Bonchev–Trinajstić information content (AvgIpc) is 3.33. The number of benzene rings is 1. The Balaban J connectivity index is 0.000000215. The standard InChI is InChI=1S/C11H19NO4.C11H11NO2/c1-11(2,3)16-10(14)12-7-5-6-8(12)9(13)15-4;1-2-8-4-3-5-9-6-12(11(13)14)7-10(8)9/h8H,5-7H2,1-4H3;2-5H,1,6-7H2,(H,13,14). The molecule has 164 valence electrons. The van der Waals surface area contributed by atoms with E-state index in [0.717, 1.165) is 23.1 Å². The van der Waals surface area contributed by atoms with Gasteiger partial charge in [0.2, 0.25) is 0 Å². The Labute approximate surface area is 177 Å². The molecule has 0 radical (unpaired) electrons. The number of hydrogen-bond acceptors (Lipinski definition) is 5. The van der Waals surface area contributed by atoms with Crippen molar-refractivity contribution in [2.45, 2.75) is 58.3 Å². The van der Waals surface area contributed by atoms with Gasteiger partial charge in [-0.2, -0.15) is 0 Å². The number of ether oxygens (including phenoxy) is 2. The van der Waals surface area contributed by atoms with Crippen LogP contribution in [0.3, 0.4) is 0 Å². The molecule has 1 fully saturated rings. The Hall–Kier alpha value is -3.03. The van der Waals surface area contributed by atoms with Gasteiger partial charge in [0.05, 0.1) is 13.7 Å². The van der Waals surface area contributed by atoms with Gasteiger partial charge in [-0.05, 0) is 50.3 Å². The lowest BCUT2D eigenvalue weighted by Gasteiger charge is -2.27. The third-order valence-electron chi connectivity index (χ3n) is 4.86. The molecular formula is C22H30N2O6. The topological polar surface area (TPSA) is 96.4 Å². The van der Waals surface area contributed by atoms with Gasteiger partial charge in [-0.15, -0.1) is 0 Å². The van der Waals surface area contributed by atoms with Gasteiger partial charge in [0.25, 0.3) is 0 Å². The minimum atomic E-state index is -0.865. The van der Waals surface area contributed by atoms with E-state index in [4.69, 9.17) is 9.84 Å². The summed E-state index contributed by atoms with van der Waals surface area (Å²) in [5, 5.41) is 8.85. The van der Waals surface area contributed by atoms with Crippen LogP contribution in [0.15, 0.2) is 24.8 Å². The van der Waals surface area contributed by atoms with Gasteiger partial charge in [0.15, 0.2) is 0 Å². The summed E-state index contributed by atoms with van der Waals surface area (Å²) in [6, 6.07) is 5.36. The minimum Gasteiger partial charge on any atom is -0.467 e. The molecule has 3 rings (SSSR count). The third-order valence-corrected chi connectivity index (χ3v) is 4.86. The zero-order valence-corrected chi connectivity index (χ0v) is 18.0. The van der Waals surface area contributed by atoms with Crippen molar-refractivity contribution in [2.75, 3.05) is 13.7 Å².